The maximum Gasteiger partial charge on any atom is 0.301 e. The smallest absolute Gasteiger partial charge is 0.301 e. The Balaban J connectivity index is 2.06. The van der Waals surface area contributed by atoms with Crippen LogP contribution in [-0.2, 0) is 10.2 Å². The third-order valence-corrected chi connectivity index (χ3v) is 4.41. The molecule has 102 valence electrons. The first-order valence-corrected chi connectivity index (χ1v) is 7.63. The summed E-state index contributed by atoms with van der Waals surface area (Å²) >= 11 is 0. The number of nitrogens with zero attached hydrogens (tertiary/aromatic N) is 1. The molecular formula is C13H17N3O2S. The summed E-state index contributed by atoms with van der Waals surface area (Å²) in [6, 6.07) is 6.94. The average molecular weight is 279 g/mol. The zero-order chi connectivity index (χ0) is 13.7. The second-order valence-corrected chi connectivity index (χ2v) is 5.97. The number of rotatable bonds is 3. The molecule has 3 N–H and O–H groups in total. The predicted molar refractivity (Wildman–Crippen MR) is 75.7 cm³/mol. The third kappa shape index (κ3) is 3.70. The minimum atomic E-state index is -3.42. The molecule has 0 aromatic heterocycles. The lowest BCUT2D eigenvalue weighted by molar-refractivity contribution is 0.482. The summed E-state index contributed by atoms with van der Waals surface area (Å²) in [5, 5.41) is 0. The first-order valence-electron chi connectivity index (χ1n) is 6.19. The van der Waals surface area contributed by atoms with E-state index in [1.54, 1.807) is 24.3 Å². The normalized spacial score (nSPS) is 15.8. The lowest BCUT2D eigenvalue weighted by Gasteiger charge is -2.16. The largest absolute Gasteiger partial charge is 0.320 e. The molecule has 0 atom stereocenters. The van der Waals surface area contributed by atoms with Crippen molar-refractivity contribution in [3.05, 3.63) is 29.8 Å². The number of hydrogen-bond donors (Lipinski definition) is 2. The van der Waals surface area contributed by atoms with Gasteiger partial charge in [-0.05, 0) is 37.1 Å². The zero-order valence-corrected chi connectivity index (χ0v) is 11.4. The van der Waals surface area contributed by atoms with Gasteiger partial charge in [0.15, 0.2) is 0 Å². The van der Waals surface area contributed by atoms with E-state index in [1.807, 2.05) is 0 Å². The van der Waals surface area contributed by atoms with Gasteiger partial charge in [-0.15, -0.1) is 0 Å². The van der Waals surface area contributed by atoms with E-state index >= 15 is 0 Å². The zero-order valence-electron chi connectivity index (χ0n) is 10.6. The highest BCUT2D eigenvalue weighted by Gasteiger charge is 2.24. The highest BCUT2D eigenvalue weighted by molar-refractivity contribution is 7.90. The number of nitrogens with one attached hydrogen (secondary N) is 1. The Morgan fingerprint density at radius 2 is 1.84 bits per heavy atom. The van der Waals surface area contributed by atoms with E-state index in [0.29, 0.717) is 25.3 Å². The van der Waals surface area contributed by atoms with Crippen molar-refractivity contribution in [2.24, 2.45) is 5.73 Å². The van der Waals surface area contributed by atoms with E-state index in [2.05, 4.69) is 16.6 Å². The molecule has 1 saturated heterocycles. The summed E-state index contributed by atoms with van der Waals surface area (Å²) in [7, 11) is -3.42. The maximum atomic E-state index is 12.0. The van der Waals surface area contributed by atoms with Crippen LogP contribution >= 0.6 is 0 Å². The van der Waals surface area contributed by atoms with Crippen LogP contribution in [0.1, 0.15) is 18.4 Å². The number of anilines is 1. The Kier molecular flexibility index (Phi) is 4.43. The fourth-order valence-electron chi connectivity index (χ4n) is 1.92. The Bertz CT molecular complexity index is 579. The van der Waals surface area contributed by atoms with Crippen LogP contribution in [0, 0.1) is 11.8 Å². The quantitative estimate of drug-likeness (QED) is 0.802. The molecule has 1 aliphatic heterocycles. The second-order valence-electron chi connectivity index (χ2n) is 4.30. The molecule has 1 heterocycles. The summed E-state index contributed by atoms with van der Waals surface area (Å²) < 4.78 is 28.1. The van der Waals surface area contributed by atoms with E-state index in [0.717, 1.165) is 18.4 Å². The van der Waals surface area contributed by atoms with Crippen molar-refractivity contribution in [2.45, 2.75) is 12.8 Å². The topological polar surface area (TPSA) is 75.4 Å². The van der Waals surface area contributed by atoms with Crippen molar-refractivity contribution in [2.75, 3.05) is 24.4 Å². The van der Waals surface area contributed by atoms with Gasteiger partial charge in [-0.25, -0.2) is 0 Å². The predicted octanol–water partition coefficient (Wildman–Crippen LogP) is 0.749. The van der Waals surface area contributed by atoms with Crippen LogP contribution in [0.5, 0.6) is 0 Å². The summed E-state index contributed by atoms with van der Waals surface area (Å²) in [6.45, 7) is 1.49. The molecular weight excluding hydrogens is 262 g/mol. The first-order chi connectivity index (χ1) is 9.12. The summed E-state index contributed by atoms with van der Waals surface area (Å²) in [6.07, 6.45) is 1.85. The van der Waals surface area contributed by atoms with E-state index in [9.17, 15) is 8.42 Å². The molecule has 0 radical (unpaired) electrons. The van der Waals surface area contributed by atoms with Crippen molar-refractivity contribution < 1.29 is 8.42 Å². The molecule has 19 heavy (non-hydrogen) atoms. The van der Waals surface area contributed by atoms with E-state index in [4.69, 9.17) is 5.73 Å². The van der Waals surface area contributed by atoms with E-state index < -0.39 is 10.2 Å². The monoisotopic (exact) mass is 279 g/mol. The standard InChI is InChI=1S/C13H17N3O2S/c14-9-3-4-12-5-7-13(8-6-12)15-19(17,18)16-10-1-2-11-16/h5-8,15H,1-2,9-11,14H2. The number of benzene rings is 1. The van der Waals surface area contributed by atoms with Gasteiger partial charge in [-0.3, -0.25) is 4.72 Å². The van der Waals surface area contributed by atoms with Crippen molar-refractivity contribution in [1.82, 2.24) is 4.31 Å². The SMILES string of the molecule is NCC#Cc1ccc(NS(=O)(=O)N2CCCC2)cc1. The molecule has 1 aromatic rings. The van der Waals surface area contributed by atoms with Crippen molar-refractivity contribution in [3.63, 3.8) is 0 Å². The van der Waals surface area contributed by atoms with Gasteiger partial charge < -0.3 is 5.73 Å². The highest BCUT2D eigenvalue weighted by atomic mass is 32.2. The van der Waals surface area contributed by atoms with Gasteiger partial charge in [0.25, 0.3) is 0 Å². The van der Waals surface area contributed by atoms with Crippen molar-refractivity contribution in [1.29, 1.82) is 0 Å². The molecule has 5 nitrogen and oxygen atoms in total. The molecule has 0 spiro atoms. The van der Waals surface area contributed by atoms with Gasteiger partial charge in [-0.1, -0.05) is 11.8 Å². The summed E-state index contributed by atoms with van der Waals surface area (Å²) in [4.78, 5) is 0. The third-order valence-electron chi connectivity index (χ3n) is 2.87. The summed E-state index contributed by atoms with van der Waals surface area (Å²) in [5.41, 5.74) is 6.65. The van der Waals surface area contributed by atoms with Crippen LogP contribution < -0.4 is 10.5 Å². The van der Waals surface area contributed by atoms with Gasteiger partial charge in [0.05, 0.1) is 6.54 Å². The molecule has 1 aliphatic rings. The minimum absolute atomic E-state index is 0.309. The second kappa shape index (κ2) is 6.06. The van der Waals surface area contributed by atoms with Gasteiger partial charge in [0.1, 0.15) is 0 Å². The molecule has 1 aromatic carbocycles. The van der Waals surface area contributed by atoms with Crippen LogP contribution in [0.15, 0.2) is 24.3 Å². The Morgan fingerprint density at radius 1 is 1.21 bits per heavy atom. The van der Waals surface area contributed by atoms with Gasteiger partial charge >= 0.3 is 10.2 Å². The molecule has 0 amide bonds. The van der Waals surface area contributed by atoms with Crippen molar-refractivity contribution in [3.8, 4) is 11.8 Å². The van der Waals surface area contributed by atoms with Gasteiger partial charge in [0.2, 0.25) is 0 Å². The molecule has 6 heteroatoms. The van der Waals surface area contributed by atoms with E-state index in [-0.39, 0.29) is 0 Å². The molecule has 1 fully saturated rings. The minimum Gasteiger partial charge on any atom is -0.320 e. The highest BCUT2D eigenvalue weighted by Crippen LogP contribution is 2.16. The van der Waals surface area contributed by atoms with Crippen molar-refractivity contribution >= 4 is 15.9 Å². The number of hydrogen-bond acceptors (Lipinski definition) is 3. The first kappa shape index (κ1) is 13.9. The van der Waals surface area contributed by atoms with Crippen LogP contribution in [-0.4, -0.2) is 32.4 Å². The number of nitrogens with two attached hydrogens (primary N) is 1. The molecule has 0 unspecified atom stereocenters. The van der Waals surface area contributed by atoms with Crippen LogP contribution in [0.2, 0.25) is 0 Å². The lowest BCUT2D eigenvalue weighted by atomic mass is 10.2. The molecule has 0 aliphatic carbocycles. The molecule has 0 bridgehead atoms. The Labute approximate surface area is 114 Å². The van der Waals surface area contributed by atoms with Gasteiger partial charge in [0, 0.05) is 24.3 Å². The maximum absolute atomic E-state index is 12.0. The lowest BCUT2D eigenvalue weighted by Crippen LogP contribution is -2.33. The molecule has 0 saturated carbocycles. The van der Waals surface area contributed by atoms with Gasteiger partial charge in [-0.2, -0.15) is 12.7 Å². The fourth-order valence-corrected chi connectivity index (χ4v) is 3.22. The fraction of sp³-hybridized carbons (Fsp3) is 0.385. The summed E-state index contributed by atoms with van der Waals surface area (Å²) in [5.74, 6) is 5.63. The van der Waals surface area contributed by atoms with Crippen LogP contribution in [0.3, 0.4) is 0 Å². The van der Waals surface area contributed by atoms with E-state index in [1.165, 1.54) is 4.31 Å². The van der Waals surface area contributed by atoms with Crippen LogP contribution in [0.4, 0.5) is 5.69 Å². The average Bonchev–Trinajstić information content (AvgIpc) is 2.92. The Hall–Kier alpha value is -1.55. The molecule has 2 rings (SSSR count). The Morgan fingerprint density at radius 3 is 2.42 bits per heavy atom. The van der Waals surface area contributed by atoms with Crippen LogP contribution in [0.25, 0.3) is 0 Å².